The number of rotatable bonds is 5. The second-order valence-corrected chi connectivity index (χ2v) is 7.06. The predicted octanol–water partition coefficient (Wildman–Crippen LogP) is 5.07. The summed E-state index contributed by atoms with van der Waals surface area (Å²) in [7, 11) is 0. The van der Waals surface area contributed by atoms with E-state index in [9.17, 15) is 0 Å². The van der Waals surface area contributed by atoms with Crippen LogP contribution in [-0.4, -0.2) is 10.1 Å². The SMILES string of the molecule is Cc1ccc(Oc2ccc(Cc3cc(-c4cccnc4N)on3)s2)cc1. The summed E-state index contributed by atoms with van der Waals surface area (Å²) in [6.07, 6.45) is 2.32. The molecular formula is C20H17N3O2S. The van der Waals surface area contributed by atoms with Crippen LogP contribution in [0.15, 0.2) is 65.3 Å². The number of hydrogen-bond acceptors (Lipinski definition) is 6. The van der Waals surface area contributed by atoms with Crippen molar-refractivity contribution in [2.24, 2.45) is 0 Å². The van der Waals surface area contributed by atoms with Crippen LogP contribution >= 0.6 is 11.3 Å². The van der Waals surface area contributed by atoms with Gasteiger partial charge in [-0.1, -0.05) is 22.9 Å². The first-order chi connectivity index (χ1) is 12.7. The molecule has 4 rings (SSSR count). The van der Waals surface area contributed by atoms with Crippen molar-refractivity contribution in [1.29, 1.82) is 0 Å². The molecule has 0 aliphatic carbocycles. The Morgan fingerprint density at radius 2 is 1.96 bits per heavy atom. The molecule has 0 aliphatic heterocycles. The van der Waals surface area contributed by atoms with E-state index in [4.69, 9.17) is 15.0 Å². The van der Waals surface area contributed by atoms with E-state index >= 15 is 0 Å². The summed E-state index contributed by atoms with van der Waals surface area (Å²) in [5.41, 5.74) is 8.69. The fourth-order valence-electron chi connectivity index (χ4n) is 2.56. The van der Waals surface area contributed by atoms with Gasteiger partial charge in [0.15, 0.2) is 10.8 Å². The molecule has 1 aromatic carbocycles. The average Bonchev–Trinajstić information content (AvgIpc) is 3.27. The largest absolute Gasteiger partial charge is 0.447 e. The van der Waals surface area contributed by atoms with E-state index in [0.717, 1.165) is 26.9 Å². The molecule has 2 N–H and O–H groups in total. The van der Waals surface area contributed by atoms with Crippen LogP contribution in [0.25, 0.3) is 11.3 Å². The fraction of sp³-hybridized carbons (Fsp3) is 0.100. The number of thiophene rings is 1. The molecule has 0 radical (unpaired) electrons. The zero-order valence-corrected chi connectivity index (χ0v) is 15.0. The van der Waals surface area contributed by atoms with Gasteiger partial charge in [0, 0.05) is 23.6 Å². The lowest BCUT2D eigenvalue weighted by Crippen LogP contribution is -1.91. The summed E-state index contributed by atoms with van der Waals surface area (Å²) in [6, 6.07) is 17.6. The molecule has 130 valence electrons. The highest BCUT2D eigenvalue weighted by atomic mass is 32.1. The van der Waals surface area contributed by atoms with Crippen LogP contribution in [0.3, 0.4) is 0 Å². The third kappa shape index (κ3) is 3.60. The van der Waals surface area contributed by atoms with Crippen molar-refractivity contribution in [2.45, 2.75) is 13.3 Å². The summed E-state index contributed by atoms with van der Waals surface area (Å²) >= 11 is 1.59. The zero-order chi connectivity index (χ0) is 17.9. The number of nitrogens with zero attached hydrogens (tertiary/aromatic N) is 2. The second-order valence-electron chi connectivity index (χ2n) is 5.93. The quantitative estimate of drug-likeness (QED) is 0.536. The van der Waals surface area contributed by atoms with Crippen LogP contribution in [0, 0.1) is 6.92 Å². The van der Waals surface area contributed by atoms with Crippen molar-refractivity contribution in [3.8, 4) is 22.1 Å². The molecule has 0 fully saturated rings. The standard InChI is InChI=1S/C20H17N3O2S/c1-13-4-6-15(7-5-13)24-19-9-8-16(26-19)11-14-12-18(25-23-14)17-3-2-10-22-20(17)21/h2-10,12H,11H2,1H3,(H2,21,22). The van der Waals surface area contributed by atoms with Crippen molar-refractivity contribution in [2.75, 3.05) is 5.73 Å². The van der Waals surface area contributed by atoms with Crippen molar-refractivity contribution in [3.63, 3.8) is 0 Å². The Labute approximate surface area is 155 Å². The number of hydrogen-bond donors (Lipinski definition) is 1. The van der Waals surface area contributed by atoms with Crippen LogP contribution in [0.1, 0.15) is 16.1 Å². The fourth-order valence-corrected chi connectivity index (χ4v) is 3.45. The Balaban J connectivity index is 1.46. The highest BCUT2D eigenvalue weighted by Gasteiger charge is 2.12. The number of ether oxygens (including phenoxy) is 1. The van der Waals surface area contributed by atoms with Gasteiger partial charge in [-0.05, 0) is 43.3 Å². The Morgan fingerprint density at radius 1 is 1.12 bits per heavy atom. The number of aromatic nitrogens is 2. The normalized spacial score (nSPS) is 10.8. The molecule has 0 aliphatic rings. The maximum Gasteiger partial charge on any atom is 0.181 e. The summed E-state index contributed by atoms with van der Waals surface area (Å²) in [5, 5.41) is 4.99. The van der Waals surface area contributed by atoms with Crippen LogP contribution in [0.4, 0.5) is 5.82 Å². The minimum absolute atomic E-state index is 0.431. The summed E-state index contributed by atoms with van der Waals surface area (Å²) in [4.78, 5) is 5.22. The highest BCUT2D eigenvalue weighted by Crippen LogP contribution is 2.31. The summed E-state index contributed by atoms with van der Waals surface area (Å²) in [6.45, 7) is 2.05. The van der Waals surface area contributed by atoms with E-state index < -0.39 is 0 Å². The van der Waals surface area contributed by atoms with Crippen LogP contribution < -0.4 is 10.5 Å². The monoisotopic (exact) mass is 363 g/mol. The van der Waals surface area contributed by atoms with Gasteiger partial charge in [0.05, 0.1) is 11.3 Å². The van der Waals surface area contributed by atoms with Crippen molar-refractivity contribution in [1.82, 2.24) is 10.1 Å². The van der Waals surface area contributed by atoms with Gasteiger partial charge in [0.1, 0.15) is 11.6 Å². The lowest BCUT2D eigenvalue weighted by Gasteiger charge is -2.02. The van der Waals surface area contributed by atoms with E-state index in [0.29, 0.717) is 18.0 Å². The minimum Gasteiger partial charge on any atom is -0.447 e. The first-order valence-electron chi connectivity index (χ1n) is 8.17. The second kappa shape index (κ2) is 7.01. The molecule has 3 aromatic heterocycles. The van der Waals surface area contributed by atoms with E-state index in [1.807, 2.05) is 54.6 Å². The lowest BCUT2D eigenvalue weighted by molar-refractivity contribution is 0.425. The molecule has 0 spiro atoms. The van der Waals surface area contributed by atoms with Crippen LogP contribution in [0.2, 0.25) is 0 Å². The number of aryl methyl sites for hydroxylation is 1. The molecule has 0 unspecified atom stereocenters. The first-order valence-corrected chi connectivity index (χ1v) is 8.99. The Kier molecular flexibility index (Phi) is 4.41. The Bertz CT molecular complexity index is 1020. The third-order valence-corrected chi connectivity index (χ3v) is 4.86. The van der Waals surface area contributed by atoms with Crippen molar-refractivity contribution < 1.29 is 9.26 Å². The molecule has 0 amide bonds. The average molecular weight is 363 g/mol. The maximum atomic E-state index is 5.89. The zero-order valence-electron chi connectivity index (χ0n) is 14.2. The van der Waals surface area contributed by atoms with Gasteiger partial charge in [0.2, 0.25) is 0 Å². The van der Waals surface area contributed by atoms with E-state index in [-0.39, 0.29) is 0 Å². The first kappa shape index (κ1) is 16.4. The molecule has 0 saturated heterocycles. The van der Waals surface area contributed by atoms with Gasteiger partial charge in [-0.25, -0.2) is 4.98 Å². The van der Waals surface area contributed by atoms with Gasteiger partial charge in [-0.2, -0.15) is 0 Å². The predicted molar refractivity (Wildman–Crippen MR) is 103 cm³/mol. The van der Waals surface area contributed by atoms with Gasteiger partial charge in [-0.3, -0.25) is 0 Å². The van der Waals surface area contributed by atoms with Gasteiger partial charge >= 0.3 is 0 Å². The Hall–Kier alpha value is -3.12. The summed E-state index contributed by atoms with van der Waals surface area (Å²) < 4.78 is 11.3. The highest BCUT2D eigenvalue weighted by molar-refractivity contribution is 7.13. The minimum atomic E-state index is 0.431. The number of anilines is 1. The van der Waals surface area contributed by atoms with E-state index in [2.05, 4.69) is 17.1 Å². The third-order valence-electron chi connectivity index (χ3n) is 3.89. The van der Waals surface area contributed by atoms with E-state index in [1.165, 1.54) is 5.56 Å². The number of pyridine rings is 1. The molecule has 0 bridgehead atoms. The number of benzene rings is 1. The van der Waals surface area contributed by atoms with Gasteiger partial charge in [0.25, 0.3) is 0 Å². The molecule has 3 heterocycles. The topological polar surface area (TPSA) is 74.2 Å². The van der Waals surface area contributed by atoms with Crippen molar-refractivity contribution >= 4 is 17.2 Å². The molecule has 4 aromatic rings. The molecule has 0 saturated carbocycles. The molecule has 0 atom stereocenters. The van der Waals surface area contributed by atoms with Crippen molar-refractivity contribution in [3.05, 3.63) is 76.9 Å². The molecule has 26 heavy (non-hydrogen) atoms. The Morgan fingerprint density at radius 3 is 2.77 bits per heavy atom. The maximum absolute atomic E-state index is 5.89. The lowest BCUT2D eigenvalue weighted by atomic mass is 10.2. The smallest absolute Gasteiger partial charge is 0.181 e. The summed E-state index contributed by atoms with van der Waals surface area (Å²) in [5.74, 6) is 1.89. The molecule has 6 heteroatoms. The number of nitrogens with two attached hydrogens (primary N) is 1. The van der Waals surface area contributed by atoms with E-state index in [1.54, 1.807) is 17.5 Å². The number of nitrogen functional groups attached to an aromatic ring is 1. The molecular weight excluding hydrogens is 346 g/mol. The molecule has 5 nitrogen and oxygen atoms in total. The van der Waals surface area contributed by atoms with Crippen LogP contribution in [-0.2, 0) is 6.42 Å². The van der Waals surface area contributed by atoms with Gasteiger partial charge in [-0.15, -0.1) is 11.3 Å². The van der Waals surface area contributed by atoms with Gasteiger partial charge < -0.3 is 15.0 Å². The van der Waals surface area contributed by atoms with Crippen LogP contribution in [0.5, 0.6) is 10.8 Å².